The van der Waals surface area contributed by atoms with Crippen LogP contribution in [-0.2, 0) is 11.1 Å². The van der Waals surface area contributed by atoms with Gasteiger partial charge in [0.1, 0.15) is 5.82 Å². The molecule has 1 unspecified atom stereocenters. The van der Waals surface area contributed by atoms with Crippen molar-refractivity contribution in [2.45, 2.75) is 0 Å². The van der Waals surface area contributed by atoms with Crippen molar-refractivity contribution in [3.8, 4) is 0 Å². The summed E-state index contributed by atoms with van der Waals surface area (Å²) in [7, 11) is 0. The van der Waals surface area contributed by atoms with E-state index < -0.39 is 11.1 Å². The molecule has 64 valence electrons. The van der Waals surface area contributed by atoms with E-state index in [4.69, 9.17) is 0 Å². The molecule has 0 spiro atoms. The summed E-state index contributed by atoms with van der Waals surface area (Å²) in [6, 6.07) is 5.54. The largest absolute Gasteiger partial charge is 0.769 e. The van der Waals surface area contributed by atoms with Gasteiger partial charge < -0.3 is 4.55 Å². The van der Waals surface area contributed by atoms with Crippen molar-refractivity contribution in [2.75, 3.05) is 0 Å². The first-order valence-corrected chi connectivity index (χ1v) is 4.34. The number of rotatable bonds is 2. The molecule has 2 nitrogen and oxygen atoms in total. The van der Waals surface area contributed by atoms with Crippen LogP contribution in [0, 0.1) is 5.82 Å². The van der Waals surface area contributed by atoms with Crippen LogP contribution in [0.2, 0.25) is 0 Å². The summed E-state index contributed by atoms with van der Waals surface area (Å²) in [5, 5.41) is 1.01. The topological polar surface area (TPSA) is 40.1 Å². The van der Waals surface area contributed by atoms with Gasteiger partial charge in [-0.15, -0.1) is 0 Å². The maximum absolute atomic E-state index is 12.3. The highest BCUT2D eigenvalue weighted by Crippen LogP contribution is 2.04. The number of benzene rings is 1. The van der Waals surface area contributed by atoms with Crippen molar-refractivity contribution < 1.29 is 13.2 Å². The smallest absolute Gasteiger partial charge is 0.123 e. The van der Waals surface area contributed by atoms with Gasteiger partial charge in [-0.2, -0.15) is 0 Å². The number of hydrogen-bond donors (Lipinski definition) is 0. The monoisotopic (exact) mass is 185 g/mol. The second-order valence-corrected chi connectivity index (χ2v) is 2.91. The molecule has 1 atom stereocenters. The van der Waals surface area contributed by atoms with Crippen molar-refractivity contribution in [2.24, 2.45) is 0 Å². The maximum atomic E-state index is 12.3. The minimum absolute atomic E-state index is 0.338. The molecule has 0 saturated heterocycles. The summed E-state index contributed by atoms with van der Waals surface area (Å²) in [6.07, 6.45) is 1.39. The van der Waals surface area contributed by atoms with Gasteiger partial charge in [0.2, 0.25) is 0 Å². The first kappa shape index (κ1) is 9.09. The Bertz CT molecular complexity index is 305. The van der Waals surface area contributed by atoms with Crippen LogP contribution in [0.15, 0.2) is 29.7 Å². The molecule has 0 heterocycles. The average molecular weight is 185 g/mol. The molecule has 1 aromatic rings. The summed E-state index contributed by atoms with van der Waals surface area (Å²) in [5.74, 6) is -0.338. The molecule has 0 saturated carbocycles. The fraction of sp³-hybridized carbons (Fsp3) is 0. The molecule has 0 bridgehead atoms. The Kier molecular flexibility index (Phi) is 3.13. The molecule has 0 amide bonds. The lowest BCUT2D eigenvalue weighted by Crippen LogP contribution is -1.78. The lowest BCUT2D eigenvalue weighted by Gasteiger charge is -1.95. The van der Waals surface area contributed by atoms with E-state index in [0.717, 1.165) is 5.41 Å². The predicted octanol–water partition coefficient (Wildman–Crippen LogP) is 1.68. The van der Waals surface area contributed by atoms with Crippen molar-refractivity contribution in [1.29, 1.82) is 0 Å². The van der Waals surface area contributed by atoms with Gasteiger partial charge in [-0.1, -0.05) is 12.1 Å². The minimum atomic E-state index is -2.20. The highest BCUT2D eigenvalue weighted by Gasteiger charge is 1.87. The van der Waals surface area contributed by atoms with Crippen LogP contribution in [0.5, 0.6) is 0 Å². The fourth-order valence-corrected chi connectivity index (χ4v) is 0.976. The summed E-state index contributed by atoms with van der Waals surface area (Å²) in [5.41, 5.74) is 0.653. The van der Waals surface area contributed by atoms with E-state index in [-0.39, 0.29) is 5.82 Å². The molecular formula is C8H6FO2S-. The van der Waals surface area contributed by atoms with Gasteiger partial charge in [0, 0.05) is 0 Å². The van der Waals surface area contributed by atoms with Crippen LogP contribution >= 0.6 is 0 Å². The second kappa shape index (κ2) is 4.13. The minimum Gasteiger partial charge on any atom is -0.769 e. The molecule has 0 aliphatic carbocycles. The van der Waals surface area contributed by atoms with Crippen molar-refractivity contribution in [1.82, 2.24) is 0 Å². The zero-order chi connectivity index (χ0) is 8.97. The molecule has 0 fully saturated rings. The summed E-state index contributed by atoms with van der Waals surface area (Å²) < 4.78 is 32.5. The van der Waals surface area contributed by atoms with E-state index in [1.54, 1.807) is 0 Å². The normalized spacial score (nSPS) is 13.5. The van der Waals surface area contributed by atoms with Crippen LogP contribution in [0.25, 0.3) is 6.08 Å². The highest BCUT2D eigenvalue weighted by molar-refractivity contribution is 7.82. The van der Waals surface area contributed by atoms with Gasteiger partial charge >= 0.3 is 0 Å². The van der Waals surface area contributed by atoms with Gasteiger partial charge in [-0.25, -0.2) is 4.39 Å². The summed E-state index contributed by atoms with van der Waals surface area (Å²) in [6.45, 7) is 0. The van der Waals surface area contributed by atoms with E-state index in [9.17, 15) is 13.2 Å². The second-order valence-electron chi connectivity index (χ2n) is 2.11. The lowest BCUT2D eigenvalue weighted by molar-refractivity contribution is 0.546. The standard InChI is InChI=1S/C8H7FO2S/c9-8-3-1-7(2-4-8)5-6-12(10)11/h1-6H,(H,10,11)/p-1/b6-5+. The lowest BCUT2D eigenvalue weighted by atomic mass is 10.2. The van der Waals surface area contributed by atoms with Gasteiger partial charge in [-0.3, -0.25) is 4.21 Å². The number of hydrogen-bond acceptors (Lipinski definition) is 2. The Morgan fingerprint density at radius 2 is 1.92 bits per heavy atom. The first-order valence-electron chi connectivity index (χ1n) is 3.20. The van der Waals surface area contributed by atoms with Crippen LogP contribution in [-0.4, -0.2) is 8.76 Å². The third-order valence-corrected chi connectivity index (χ3v) is 1.60. The van der Waals surface area contributed by atoms with Crippen LogP contribution in [0.4, 0.5) is 4.39 Å². The highest BCUT2D eigenvalue weighted by atomic mass is 32.2. The summed E-state index contributed by atoms with van der Waals surface area (Å²) in [4.78, 5) is 0. The molecule has 0 aromatic heterocycles. The molecule has 12 heavy (non-hydrogen) atoms. The zero-order valence-electron chi connectivity index (χ0n) is 6.07. The predicted molar refractivity (Wildman–Crippen MR) is 44.4 cm³/mol. The third-order valence-electron chi connectivity index (χ3n) is 1.24. The molecule has 0 aliphatic heterocycles. The molecular weight excluding hydrogens is 179 g/mol. The van der Waals surface area contributed by atoms with Gasteiger partial charge in [0.25, 0.3) is 0 Å². The first-order chi connectivity index (χ1) is 5.68. The Balaban J connectivity index is 2.77. The van der Waals surface area contributed by atoms with E-state index >= 15 is 0 Å². The Labute approximate surface area is 72.0 Å². The fourth-order valence-electron chi connectivity index (χ4n) is 0.708. The third kappa shape index (κ3) is 2.94. The number of halogens is 1. The SMILES string of the molecule is O=S([O-])/C=C/c1ccc(F)cc1. The summed E-state index contributed by atoms with van der Waals surface area (Å²) >= 11 is -2.20. The quantitative estimate of drug-likeness (QED) is 0.657. The molecule has 1 rings (SSSR count). The van der Waals surface area contributed by atoms with Crippen molar-refractivity contribution in [3.05, 3.63) is 41.1 Å². The van der Waals surface area contributed by atoms with Crippen LogP contribution in [0.1, 0.15) is 5.56 Å². The Hall–Kier alpha value is -1.00. The Morgan fingerprint density at radius 3 is 2.42 bits per heavy atom. The molecule has 1 aromatic carbocycles. The van der Waals surface area contributed by atoms with E-state index in [1.165, 1.54) is 30.3 Å². The van der Waals surface area contributed by atoms with E-state index in [2.05, 4.69) is 0 Å². The van der Waals surface area contributed by atoms with E-state index in [1.807, 2.05) is 0 Å². The Morgan fingerprint density at radius 1 is 1.33 bits per heavy atom. The average Bonchev–Trinajstić information content (AvgIpc) is 2.03. The van der Waals surface area contributed by atoms with E-state index in [0.29, 0.717) is 5.56 Å². The molecule has 4 heteroatoms. The van der Waals surface area contributed by atoms with Crippen molar-refractivity contribution >= 4 is 17.2 Å². The van der Waals surface area contributed by atoms with Gasteiger partial charge in [0.05, 0.1) is 0 Å². The molecule has 0 N–H and O–H groups in total. The van der Waals surface area contributed by atoms with Gasteiger partial charge in [0.15, 0.2) is 0 Å². The van der Waals surface area contributed by atoms with Crippen LogP contribution < -0.4 is 0 Å². The zero-order valence-corrected chi connectivity index (χ0v) is 6.88. The molecule has 0 aliphatic rings. The molecule has 0 radical (unpaired) electrons. The van der Waals surface area contributed by atoms with Gasteiger partial charge in [-0.05, 0) is 40.3 Å². The van der Waals surface area contributed by atoms with Crippen molar-refractivity contribution in [3.63, 3.8) is 0 Å². The maximum Gasteiger partial charge on any atom is 0.123 e. The van der Waals surface area contributed by atoms with Crippen LogP contribution in [0.3, 0.4) is 0 Å².